The zero-order chi connectivity index (χ0) is 11.0. The molecule has 0 aromatic carbocycles. The minimum atomic E-state index is -1.31. The monoisotopic (exact) mass is 207 g/mol. The molecule has 0 radical (unpaired) electrons. The first-order valence-corrected chi connectivity index (χ1v) is 4.19. The fraction of sp³-hybridized carbons (Fsp3) is 0.857. The summed E-state index contributed by atoms with van der Waals surface area (Å²) < 4.78 is 4.25. The summed E-state index contributed by atoms with van der Waals surface area (Å²) in [5.41, 5.74) is 0. The van der Waals surface area contributed by atoms with E-state index in [2.05, 4.69) is 9.57 Å². The largest absolute Gasteiger partial charge is 0.505 e. The Morgan fingerprint density at radius 3 is 2.71 bits per heavy atom. The molecule has 7 heteroatoms. The van der Waals surface area contributed by atoms with Gasteiger partial charge in [0.05, 0.1) is 6.61 Å². The molecule has 0 aliphatic rings. The number of hydrogen-bond acceptors (Lipinski definition) is 5. The van der Waals surface area contributed by atoms with Crippen LogP contribution in [0.25, 0.3) is 0 Å². The minimum Gasteiger partial charge on any atom is -0.450 e. The van der Waals surface area contributed by atoms with Crippen molar-refractivity contribution in [1.29, 1.82) is 0 Å². The lowest BCUT2D eigenvalue weighted by molar-refractivity contribution is -0.767. The van der Waals surface area contributed by atoms with E-state index in [-0.39, 0.29) is 6.61 Å². The van der Waals surface area contributed by atoms with Crippen LogP contribution in [0.5, 0.6) is 0 Å². The highest BCUT2D eigenvalue weighted by Gasteiger charge is 2.06. The second-order valence-corrected chi connectivity index (χ2v) is 2.75. The lowest BCUT2D eigenvalue weighted by Gasteiger charge is -2.07. The quantitative estimate of drug-likeness (QED) is 0.293. The first kappa shape index (κ1) is 12.5. The Morgan fingerprint density at radius 2 is 2.21 bits per heavy atom. The predicted molar refractivity (Wildman–Crippen MR) is 45.4 cm³/mol. The summed E-state index contributed by atoms with van der Waals surface area (Å²) in [7, 11) is 0. The molecule has 0 aliphatic carbocycles. The van der Waals surface area contributed by atoms with Crippen molar-refractivity contribution < 1.29 is 24.6 Å². The van der Waals surface area contributed by atoms with Crippen LogP contribution < -0.4 is 0 Å². The molecule has 7 nitrogen and oxygen atoms in total. The standard InChI is InChI=1S/C7H13NO6/c1-6(14-8(11)12)4-2-3-5-13-7(9)10/h6H,2-5H2,1H3,(H,9,10). The molecule has 0 bridgehead atoms. The molecular weight excluding hydrogens is 194 g/mol. The first-order valence-electron chi connectivity index (χ1n) is 4.19. The Morgan fingerprint density at radius 1 is 1.57 bits per heavy atom. The average molecular weight is 207 g/mol. The maximum Gasteiger partial charge on any atom is 0.505 e. The van der Waals surface area contributed by atoms with Crippen molar-refractivity contribution >= 4 is 6.16 Å². The fourth-order valence-corrected chi connectivity index (χ4v) is 0.893. The SMILES string of the molecule is CC(CCCCOC(=O)O)O[N+](=O)[O-]. The molecule has 1 atom stereocenters. The Kier molecular flexibility index (Phi) is 6.17. The van der Waals surface area contributed by atoms with Gasteiger partial charge in [-0.3, -0.25) is 0 Å². The van der Waals surface area contributed by atoms with Crippen LogP contribution in [0.4, 0.5) is 4.79 Å². The van der Waals surface area contributed by atoms with Crippen molar-refractivity contribution in [3.05, 3.63) is 10.1 Å². The van der Waals surface area contributed by atoms with Gasteiger partial charge in [0.1, 0.15) is 6.10 Å². The summed E-state index contributed by atoms with van der Waals surface area (Å²) in [5, 5.41) is 17.1. The molecule has 1 N–H and O–H groups in total. The van der Waals surface area contributed by atoms with Crippen LogP contribution in [-0.4, -0.2) is 29.1 Å². The van der Waals surface area contributed by atoms with Gasteiger partial charge in [0.25, 0.3) is 5.09 Å². The third kappa shape index (κ3) is 8.57. The zero-order valence-corrected chi connectivity index (χ0v) is 7.84. The van der Waals surface area contributed by atoms with Crippen LogP contribution in [0.15, 0.2) is 0 Å². The van der Waals surface area contributed by atoms with Crippen molar-refractivity contribution in [2.45, 2.75) is 32.3 Å². The number of nitrogens with zero attached hydrogens (tertiary/aromatic N) is 1. The van der Waals surface area contributed by atoms with Crippen LogP contribution in [0.2, 0.25) is 0 Å². The Hall–Kier alpha value is -1.53. The van der Waals surface area contributed by atoms with E-state index in [4.69, 9.17) is 5.11 Å². The van der Waals surface area contributed by atoms with E-state index >= 15 is 0 Å². The van der Waals surface area contributed by atoms with Gasteiger partial charge >= 0.3 is 6.16 Å². The van der Waals surface area contributed by atoms with E-state index in [1.165, 1.54) is 0 Å². The summed E-state index contributed by atoms with van der Waals surface area (Å²) in [4.78, 5) is 24.0. The van der Waals surface area contributed by atoms with Gasteiger partial charge < -0.3 is 14.7 Å². The number of hydrogen-bond donors (Lipinski definition) is 1. The van der Waals surface area contributed by atoms with Crippen molar-refractivity contribution in [3.8, 4) is 0 Å². The summed E-state index contributed by atoms with van der Waals surface area (Å²) in [6.45, 7) is 1.70. The molecular formula is C7H13NO6. The number of carboxylic acid groups (broad SMARTS) is 1. The molecule has 0 saturated carbocycles. The molecule has 0 aliphatic heterocycles. The minimum absolute atomic E-state index is 0.112. The summed E-state index contributed by atoms with van der Waals surface area (Å²) in [5.74, 6) is 0. The Bertz CT molecular complexity index is 195. The molecule has 0 heterocycles. The van der Waals surface area contributed by atoms with Gasteiger partial charge in [0, 0.05) is 0 Å². The molecule has 0 spiro atoms. The molecule has 14 heavy (non-hydrogen) atoms. The van der Waals surface area contributed by atoms with Crippen LogP contribution in [0.1, 0.15) is 26.2 Å². The van der Waals surface area contributed by atoms with Crippen molar-refractivity contribution in [1.82, 2.24) is 0 Å². The topological polar surface area (TPSA) is 98.9 Å². The number of carbonyl (C=O) groups is 1. The normalized spacial score (nSPS) is 11.8. The number of unbranched alkanes of at least 4 members (excludes halogenated alkanes) is 1. The highest BCUT2D eigenvalue weighted by molar-refractivity contribution is 5.56. The average Bonchev–Trinajstić information content (AvgIpc) is 2.01. The zero-order valence-electron chi connectivity index (χ0n) is 7.84. The molecule has 0 fully saturated rings. The second-order valence-electron chi connectivity index (χ2n) is 2.75. The lowest BCUT2D eigenvalue weighted by Crippen LogP contribution is -2.13. The first-order chi connectivity index (χ1) is 6.52. The van der Waals surface area contributed by atoms with Gasteiger partial charge in [0.2, 0.25) is 0 Å². The van der Waals surface area contributed by atoms with E-state index in [1.807, 2.05) is 0 Å². The highest BCUT2D eigenvalue weighted by atomic mass is 17.0. The molecule has 0 amide bonds. The molecule has 0 aromatic heterocycles. The maximum atomic E-state index is 9.91. The van der Waals surface area contributed by atoms with Gasteiger partial charge in [0.15, 0.2) is 0 Å². The Labute approximate surface area is 80.7 Å². The van der Waals surface area contributed by atoms with E-state index in [0.717, 1.165) is 0 Å². The molecule has 1 unspecified atom stereocenters. The molecule has 0 aromatic rings. The van der Waals surface area contributed by atoms with Crippen molar-refractivity contribution in [2.24, 2.45) is 0 Å². The third-order valence-electron chi connectivity index (χ3n) is 1.50. The number of ether oxygens (including phenoxy) is 1. The van der Waals surface area contributed by atoms with Gasteiger partial charge in [-0.15, -0.1) is 10.1 Å². The van der Waals surface area contributed by atoms with E-state index in [1.54, 1.807) is 6.92 Å². The van der Waals surface area contributed by atoms with Crippen LogP contribution in [0, 0.1) is 10.1 Å². The molecule has 0 saturated heterocycles. The second kappa shape index (κ2) is 6.93. The summed E-state index contributed by atoms with van der Waals surface area (Å²) in [6.07, 6.45) is -0.0985. The smallest absolute Gasteiger partial charge is 0.450 e. The predicted octanol–water partition coefficient (Wildman–Crippen LogP) is 1.45. The number of rotatable bonds is 7. The third-order valence-corrected chi connectivity index (χ3v) is 1.50. The van der Waals surface area contributed by atoms with Crippen LogP contribution in [0.3, 0.4) is 0 Å². The lowest BCUT2D eigenvalue weighted by atomic mass is 10.2. The van der Waals surface area contributed by atoms with Crippen molar-refractivity contribution in [3.63, 3.8) is 0 Å². The van der Waals surface area contributed by atoms with Gasteiger partial charge in [-0.1, -0.05) is 0 Å². The van der Waals surface area contributed by atoms with Crippen LogP contribution in [-0.2, 0) is 9.57 Å². The van der Waals surface area contributed by atoms with E-state index < -0.39 is 17.3 Å². The van der Waals surface area contributed by atoms with Crippen LogP contribution >= 0.6 is 0 Å². The molecule has 0 rings (SSSR count). The van der Waals surface area contributed by atoms with Gasteiger partial charge in [-0.05, 0) is 26.2 Å². The van der Waals surface area contributed by atoms with Gasteiger partial charge in [-0.2, -0.15) is 0 Å². The van der Waals surface area contributed by atoms with Gasteiger partial charge in [-0.25, -0.2) is 4.79 Å². The van der Waals surface area contributed by atoms with E-state index in [0.29, 0.717) is 19.3 Å². The summed E-state index contributed by atoms with van der Waals surface area (Å²) in [6, 6.07) is 0. The Balaban J connectivity index is 3.27. The summed E-state index contributed by atoms with van der Waals surface area (Å²) >= 11 is 0. The molecule has 82 valence electrons. The fourth-order valence-electron chi connectivity index (χ4n) is 0.893. The highest BCUT2D eigenvalue weighted by Crippen LogP contribution is 2.04. The van der Waals surface area contributed by atoms with E-state index in [9.17, 15) is 14.9 Å². The maximum absolute atomic E-state index is 9.91. The van der Waals surface area contributed by atoms with Crippen molar-refractivity contribution in [2.75, 3.05) is 6.61 Å².